The lowest BCUT2D eigenvalue weighted by molar-refractivity contribution is 0.0456. The van der Waals surface area contributed by atoms with Crippen LogP contribution < -0.4 is 5.32 Å². The van der Waals surface area contributed by atoms with Gasteiger partial charge in [-0.3, -0.25) is 4.90 Å². The molecule has 1 saturated heterocycles. The van der Waals surface area contributed by atoms with E-state index < -0.39 is 0 Å². The molecule has 1 atom stereocenters. The molecule has 1 heterocycles. The minimum Gasteiger partial charge on any atom is -0.380 e. The highest BCUT2D eigenvalue weighted by atomic mass is 16.5. The van der Waals surface area contributed by atoms with Gasteiger partial charge in [0, 0.05) is 37.8 Å². The van der Waals surface area contributed by atoms with Crippen LogP contribution in [0.25, 0.3) is 0 Å². The molecule has 3 heteroatoms. The highest BCUT2D eigenvalue weighted by Crippen LogP contribution is 2.19. The lowest BCUT2D eigenvalue weighted by atomic mass is 9.94. The highest BCUT2D eigenvalue weighted by Gasteiger charge is 2.32. The first kappa shape index (κ1) is 14.9. The van der Waals surface area contributed by atoms with Gasteiger partial charge in [0.1, 0.15) is 0 Å². The Morgan fingerprint density at radius 2 is 2.12 bits per heavy atom. The van der Waals surface area contributed by atoms with Crippen molar-refractivity contribution in [1.82, 2.24) is 10.2 Å². The molecule has 0 radical (unpaired) electrons. The summed E-state index contributed by atoms with van der Waals surface area (Å²) in [5, 5.41) is 3.65. The van der Waals surface area contributed by atoms with Gasteiger partial charge in [-0.25, -0.2) is 0 Å². The molecule has 0 aliphatic carbocycles. The van der Waals surface area contributed by atoms with Crippen LogP contribution in [0.2, 0.25) is 0 Å². The quantitative estimate of drug-likeness (QED) is 0.722. The van der Waals surface area contributed by atoms with Crippen LogP contribution in [-0.2, 0) is 4.74 Å². The van der Waals surface area contributed by atoms with Gasteiger partial charge in [-0.2, -0.15) is 0 Å². The molecule has 1 unspecified atom stereocenters. The normalized spacial score (nSPS) is 25.4. The van der Waals surface area contributed by atoms with Crippen LogP contribution in [-0.4, -0.2) is 49.3 Å². The monoisotopic (exact) mass is 242 g/mol. The van der Waals surface area contributed by atoms with Crippen molar-refractivity contribution >= 4 is 0 Å². The Labute approximate surface area is 107 Å². The maximum absolute atomic E-state index is 5.50. The molecule has 1 aliphatic rings. The smallest absolute Gasteiger partial charge is 0.0593 e. The Balaban J connectivity index is 2.49. The largest absolute Gasteiger partial charge is 0.380 e. The van der Waals surface area contributed by atoms with Crippen LogP contribution in [0, 0.1) is 5.92 Å². The number of nitrogens with one attached hydrogen (secondary N) is 1. The van der Waals surface area contributed by atoms with Gasteiger partial charge in [0.05, 0.1) is 6.61 Å². The Kier molecular flexibility index (Phi) is 5.90. The zero-order chi connectivity index (χ0) is 12.9. The molecule has 0 aromatic heterocycles. The molecule has 0 aromatic carbocycles. The predicted octanol–water partition coefficient (Wildman–Crippen LogP) is 2.12. The Hall–Kier alpha value is -0.120. The van der Waals surface area contributed by atoms with E-state index in [2.05, 4.69) is 44.8 Å². The Morgan fingerprint density at radius 3 is 2.71 bits per heavy atom. The topological polar surface area (TPSA) is 24.5 Å². The summed E-state index contributed by atoms with van der Waals surface area (Å²) in [6.45, 7) is 16.2. The summed E-state index contributed by atoms with van der Waals surface area (Å²) in [6.07, 6.45) is 1.27. The van der Waals surface area contributed by atoms with Crippen molar-refractivity contribution in [1.29, 1.82) is 0 Å². The van der Waals surface area contributed by atoms with Gasteiger partial charge in [0.15, 0.2) is 0 Å². The van der Waals surface area contributed by atoms with Crippen molar-refractivity contribution in [2.45, 2.75) is 52.6 Å². The molecule has 3 nitrogen and oxygen atoms in total. The van der Waals surface area contributed by atoms with Gasteiger partial charge in [-0.15, -0.1) is 0 Å². The van der Waals surface area contributed by atoms with Crippen molar-refractivity contribution in [2.24, 2.45) is 5.92 Å². The van der Waals surface area contributed by atoms with Crippen LogP contribution in [0.4, 0.5) is 0 Å². The fourth-order valence-corrected chi connectivity index (χ4v) is 2.58. The summed E-state index contributed by atoms with van der Waals surface area (Å²) >= 11 is 0. The number of rotatable bonds is 6. The molecule has 1 aliphatic heterocycles. The van der Waals surface area contributed by atoms with E-state index in [-0.39, 0.29) is 5.54 Å². The molecular weight excluding hydrogens is 212 g/mol. The Morgan fingerprint density at radius 1 is 1.41 bits per heavy atom. The zero-order valence-electron chi connectivity index (χ0n) is 12.3. The first-order valence-corrected chi connectivity index (χ1v) is 7.01. The highest BCUT2D eigenvalue weighted by molar-refractivity contribution is 4.92. The number of nitrogens with zero attached hydrogens (tertiary/aromatic N) is 1. The SMILES string of the molecule is CCOCCN1CC(C)(C)NCC1CC(C)C. The molecule has 0 bridgehead atoms. The van der Waals surface area contributed by atoms with E-state index in [4.69, 9.17) is 4.74 Å². The van der Waals surface area contributed by atoms with Crippen molar-refractivity contribution in [3.63, 3.8) is 0 Å². The minimum absolute atomic E-state index is 0.236. The molecule has 0 amide bonds. The maximum Gasteiger partial charge on any atom is 0.0593 e. The molecule has 17 heavy (non-hydrogen) atoms. The maximum atomic E-state index is 5.50. The number of ether oxygens (including phenoxy) is 1. The van der Waals surface area contributed by atoms with Gasteiger partial charge in [0.25, 0.3) is 0 Å². The predicted molar refractivity (Wildman–Crippen MR) is 73.4 cm³/mol. The molecule has 102 valence electrons. The van der Waals surface area contributed by atoms with Crippen LogP contribution in [0.1, 0.15) is 41.0 Å². The molecular formula is C14H30N2O. The van der Waals surface area contributed by atoms with E-state index in [1.807, 2.05) is 0 Å². The van der Waals surface area contributed by atoms with Crippen molar-refractivity contribution in [3.05, 3.63) is 0 Å². The van der Waals surface area contributed by atoms with E-state index in [1.54, 1.807) is 0 Å². The molecule has 1 fully saturated rings. The number of piperazine rings is 1. The zero-order valence-corrected chi connectivity index (χ0v) is 12.3. The second-order valence-corrected chi connectivity index (χ2v) is 6.22. The van der Waals surface area contributed by atoms with E-state index in [0.29, 0.717) is 6.04 Å². The molecule has 1 rings (SSSR count). The third kappa shape index (κ3) is 5.36. The first-order valence-electron chi connectivity index (χ1n) is 7.01. The second-order valence-electron chi connectivity index (χ2n) is 6.22. The summed E-state index contributed by atoms with van der Waals surface area (Å²) in [5.74, 6) is 0.762. The van der Waals surface area contributed by atoms with Crippen molar-refractivity contribution in [3.8, 4) is 0 Å². The fraction of sp³-hybridized carbons (Fsp3) is 1.00. The second kappa shape index (κ2) is 6.72. The van der Waals surface area contributed by atoms with Gasteiger partial charge in [0.2, 0.25) is 0 Å². The average Bonchev–Trinajstić information content (AvgIpc) is 2.21. The average molecular weight is 242 g/mol. The van der Waals surface area contributed by atoms with E-state index in [0.717, 1.165) is 38.8 Å². The minimum atomic E-state index is 0.236. The van der Waals surface area contributed by atoms with Crippen molar-refractivity contribution < 1.29 is 4.74 Å². The van der Waals surface area contributed by atoms with Gasteiger partial charge >= 0.3 is 0 Å². The summed E-state index contributed by atoms with van der Waals surface area (Å²) in [5.41, 5.74) is 0.236. The fourth-order valence-electron chi connectivity index (χ4n) is 2.58. The van der Waals surface area contributed by atoms with Crippen molar-refractivity contribution in [2.75, 3.05) is 32.8 Å². The Bertz CT molecular complexity index is 216. The summed E-state index contributed by atoms with van der Waals surface area (Å²) < 4.78 is 5.50. The molecule has 0 saturated carbocycles. The van der Waals surface area contributed by atoms with E-state index in [1.165, 1.54) is 6.42 Å². The van der Waals surface area contributed by atoms with E-state index in [9.17, 15) is 0 Å². The van der Waals surface area contributed by atoms with Gasteiger partial charge < -0.3 is 10.1 Å². The number of hydrogen-bond donors (Lipinski definition) is 1. The summed E-state index contributed by atoms with van der Waals surface area (Å²) in [4.78, 5) is 2.60. The summed E-state index contributed by atoms with van der Waals surface area (Å²) in [6, 6.07) is 0.670. The standard InChI is InChI=1S/C14H30N2O/c1-6-17-8-7-16-11-14(4,5)15-10-13(16)9-12(2)3/h12-13,15H,6-11H2,1-5H3. The van der Waals surface area contributed by atoms with Crippen LogP contribution in [0.15, 0.2) is 0 Å². The van der Waals surface area contributed by atoms with Crippen LogP contribution >= 0.6 is 0 Å². The first-order chi connectivity index (χ1) is 7.94. The lowest BCUT2D eigenvalue weighted by Gasteiger charge is -2.45. The molecule has 0 aromatic rings. The van der Waals surface area contributed by atoms with Crippen LogP contribution in [0.5, 0.6) is 0 Å². The van der Waals surface area contributed by atoms with Crippen LogP contribution in [0.3, 0.4) is 0 Å². The third-order valence-corrected chi connectivity index (χ3v) is 3.40. The third-order valence-electron chi connectivity index (χ3n) is 3.40. The summed E-state index contributed by atoms with van der Waals surface area (Å²) in [7, 11) is 0. The molecule has 1 N–H and O–H groups in total. The van der Waals surface area contributed by atoms with Gasteiger partial charge in [-0.1, -0.05) is 13.8 Å². The molecule has 0 spiro atoms. The number of hydrogen-bond acceptors (Lipinski definition) is 3. The van der Waals surface area contributed by atoms with E-state index >= 15 is 0 Å². The lowest BCUT2D eigenvalue weighted by Crippen LogP contribution is -2.62. The van der Waals surface area contributed by atoms with Gasteiger partial charge in [-0.05, 0) is 33.1 Å².